The number of halogens is 4. The molecule has 0 aliphatic rings. The Labute approximate surface area is 80.5 Å². The molecule has 0 saturated heterocycles. The normalized spacial score (nSPS) is 13.4. The zero-order valence-electron chi connectivity index (χ0n) is 8.41. The van der Waals surface area contributed by atoms with Gasteiger partial charge < -0.3 is 0 Å². The van der Waals surface area contributed by atoms with E-state index in [-0.39, 0.29) is 11.8 Å². The molecule has 1 nitrogen and oxygen atoms in total. The molecule has 0 heterocycles. The summed E-state index contributed by atoms with van der Waals surface area (Å²) in [7, 11) is 0. The number of alkyl halides is 4. The zero-order chi connectivity index (χ0) is 11.6. The van der Waals surface area contributed by atoms with Crippen LogP contribution in [0.15, 0.2) is 0 Å². The summed E-state index contributed by atoms with van der Waals surface area (Å²) in [5.74, 6) is -6.17. The van der Waals surface area contributed by atoms with Crippen molar-refractivity contribution in [2.24, 2.45) is 5.41 Å². The van der Waals surface area contributed by atoms with Gasteiger partial charge in [0.2, 0.25) is 5.78 Å². The van der Waals surface area contributed by atoms with E-state index in [2.05, 4.69) is 0 Å². The largest absolute Gasteiger partial charge is 0.364 e. The Bertz CT molecular complexity index is 205. The molecule has 0 fully saturated rings. The molecule has 0 saturated carbocycles. The molecule has 0 aliphatic heterocycles. The average molecular weight is 214 g/mol. The van der Waals surface area contributed by atoms with Crippen molar-refractivity contribution in [3.63, 3.8) is 0 Å². The molecule has 5 heteroatoms. The molecule has 0 amide bonds. The highest BCUT2D eigenvalue weighted by Gasteiger charge is 2.47. The maximum atomic E-state index is 12.4. The lowest BCUT2D eigenvalue weighted by molar-refractivity contribution is -0.167. The fraction of sp³-hybridized carbons (Fsp3) is 0.889. The van der Waals surface area contributed by atoms with Crippen LogP contribution >= 0.6 is 0 Å². The summed E-state index contributed by atoms with van der Waals surface area (Å²) in [5.41, 5.74) is -0.312. The van der Waals surface area contributed by atoms with E-state index >= 15 is 0 Å². The van der Waals surface area contributed by atoms with E-state index in [1.54, 1.807) is 20.8 Å². The van der Waals surface area contributed by atoms with Gasteiger partial charge in [0.15, 0.2) is 0 Å². The topological polar surface area (TPSA) is 17.1 Å². The molecule has 0 bridgehead atoms. The van der Waals surface area contributed by atoms with Crippen LogP contribution in [0.25, 0.3) is 0 Å². The van der Waals surface area contributed by atoms with E-state index in [4.69, 9.17) is 0 Å². The zero-order valence-corrected chi connectivity index (χ0v) is 8.41. The van der Waals surface area contributed by atoms with Gasteiger partial charge in [-0.2, -0.15) is 8.78 Å². The van der Waals surface area contributed by atoms with Gasteiger partial charge in [0.25, 0.3) is 0 Å². The Balaban J connectivity index is 4.23. The predicted molar refractivity (Wildman–Crippen MR) is 44.6 cm³/mol. The van der Waals surface area contributed by atoms with Crippen LogP contribution in [0.5, 0.6) is 0 Å². The summed E-state index contributed by atoms with van der Waals surface area (Å²) < 4.78 is 48.3. The minimum Gasteiger partial charge on any atom is -0.293 e. The first-order valence-corrected chi connectivity index (χ1v) is 4.26. The number of carbonyl (C=O) groups is 1. The summed E-state index contributed by atoms with van der Waals surface area (Å²) in [6.45, 7) is 5.25. The molecule has 0 atom stereocenters. The van der Waals surface area contributed by atoms with Crippen LogP contribution in [0.4, 0.5) is 17.6 Å². The van der Waals surface area contributed by atoms with Gasteiger partial charge in [0.05, 0.1) is 0 Å². The Morgan fingerprint density at radius 1 is 1.21 bits per heavy atom. The van der Waals surface area contributed by atoms with Crippen LogP contribution in [-0.4, -0.2) is 18.1 Å². The maximum absolute atomic E-state index is 12.4. The van der Waals surface area contributed by atoms with Gasteiger partial charge >= 0.3 is 12.3 Å². The van der Waals surface area contributed by atoms with E-state index in [1.807, 2.05) is 0 Å². The van der Waals surface area contributed by atoms with Crippen LogP contribution in [0, 0.1) is 5.41 Å². The van der Waals surface area contributed by atoms with Crippen LogP contribution in [0.1, 0.15) is 33.6 Å². The third-order valence-electron chi connectivity index (χ3n) is 1.75. The summed E-state index contributed by atoms with van der Waals surface area (Å²) in [4.78, 5) is 10.7. The van der Waals surface area contributed by atoms with Gasteiger partial charge in [-0.25, -0.2) is 8.78 Å². The second-order valence-electron chi connectivity index (χ2n) is 4.41. The molecular weight excluding hydrogens is 200 g/mol. The average Bonchev–Trinajstić information content (AvgIpc) is 1.98. The number of rotatable bonds is 4. The summed E-state index contributed by atoms with van der Waals surface area (Å²) in [6.07, 6.45) is -4.25. The van der Waals surface area contributed by atoms with Crippen molar-refractivity contribution in [1.82, 2.24) is 0 Å². The first-order valence-electron chi connectivity index (χ1n) is 4.26. The fourth-order valence-electron chi connectivity index (χ4n) is 0.777. The van der Waals surface area contributed by atoms with Crippen LogP contribution < -0.4 is 0 Å². The summed E-state index contributed by atoms with van der Waals surface area (Å²) in [5, 5.41) is 0. The van der Waals surface area contributed by atoms with E-state index in [0.717, 1.165) is 0 Å². The molecular formula is C9H14F4O. The van der Waals surface area contributed by atoms with Gasteiger partial charge in [-0.05, 0) is 11.8 Å². The monoisotopic (exact) mass is 214 g/mol. The lowest BCUT2D eigenvalue weighted by Crippen LogP contribution is -2.36. The summed E-state index contributed by atoms with van der Waals surface area (Å²) >= 11 is 0. The maximum Gasteiger partial charge on any atom is 0.364 e. The number of carbonyl (C=O) groups excluding carboxylic acids is 1. The Morgan fingerprint density at radius 3 is 1.93 bits per heavy atom. The van der Waals surface area contributed by atoms with Gasteiger partial charge in [-0.3, -0.25) is 4.79 Å². The molecule has 84 valence electrons. The Morgan fingerprint density at radius 2 is 1.64 bits per heavy atom. The van der Waals surface area contributed by atoms with Crippen LogP contribution in [-0.2, 0) is 4.79 Å². The first-order chi connectivity index (χ1) is 6.07. The molecule has 0 rings (SSSR count). The quantitative estimate of drug-likeness (QED) is 0.656. The Hall–Kier alpha value is -0.610. The third-order valence-corrected chi connectivity index (χ3v) is 1.75. The summed E-state index contributed by atoms with van der Waals surface area (Å²) in [6, 6.07) is 0. The van der Waals surface area contributed by atoms with Crippen molar-refractivity contribution >= 4 is 5.78 Å². The minimum atomic E-state index is -4.49. The smallest absolute Gasteiger partial charge is 0.293 e. The number of hydrogen-bond donors (Lipinski definition) is 0. The van der Waals surface area contributed by atoms with E-state index in [9.17, 15) is 22.4 Å². The van der Waals surface area contributed by atoms with Crippen molar-refractivity contribution in [2.75, 3.05) is 0 Å². The third kappa shape index (κ3) is 4.07. The predicted octanol–water partition coefficient (Wildman–Crippen LogP) is 3.28. The van der Waals surface area contributed by atoms with Crippen molar-refractivity contribution in [2.45, 2.75) is 46.0 Å². The van der Waals surface area contributed by atoms with E-state index in [0.29, 0.717) is 0 Å². The standard InChI is InChI=1S/C9H14F4O/c1-8(2,3)5-4-6(14)9(12,13)7(10)11/h7H,4-5H2,1-3H3. The van der Waals surface area contributed by atoms with E-state index in [1.165, 1.54) is 0 Å². The van der Waals surface area contributed by atoms with Crippen molar-refractivity contribution < 1.29 is 22.4 Å². The Kier molecular flexibility index (Phi) is 4.09. The van der Waals surface area contributed by atoms with Gasteiger partial charge in [0, 0.05) is 6.42 Å². The lowest BCUT2D eigenvalue weighted by Gasteiger charge is -2.19. The van der Waals surface area contributed by atoms with Gasteiger partial charge in [0.1, 0.15) is 0 Å². The highest BCUT2D eigenvalue weighted by atomic mass is 19.3. The van der Waals surface area contributed by atoms with Crippen molar-refractivity contribution in [3.05, 3.63) is 0 Å². The molecule has 0 radical (unpaired) electrons. The number of ketones is 1. The SMILES string of the molecule is CC(C)(C)CCC(=O)C(F)(F)C(F)F. The molecule has 0 aromatic rings. The highest BCUT2D eigenvalue weighted by Crippen LogP contribution is 2.28. The van der Waals surface area contributed by atoms with Gasteiger partial charge in [-0.1, -0.05) is 20.8 Å². The second kappa shape index (κ2) is 4.28. The van der Waals surface area contributed by atoms with E-state index < -0.39 is 24.6 Å². The lowest BCUT2D eigenvalue weighted by atomic mass is 9.89. The first kappa shape index (κ1) is 13.4. The molecule has 0 aromatic heterocycles. The number of hydrogen-bond acceptors (Lipinski definition) is 1. The number of Topliss-reactive ketones (excluding diaryl/α,β-unsaturated/α-hetero) is 1. The minimum absolute atomic E-state index is 0.175. The fourth-order valence-corrected chi connectivity index (χ4v) is 0.777. The van der Waals surface area contributed by atoms with Crippen molar-refractivity contribution in [1.29, 1.82) is 0 Å². The second-order valence-corrected chi connectivity index (χ2v) is 4.41. The van der Waals surface area contributed by atoms with Crippen molar-refractivity contribution in [3.8, 4) is 0 Å². The molecule has 0 spiro atoms. The molecule has 14 heavy (non-hydrogen) atoms. The molecule has 0 aromatic carbocycles. The molecule has 0 unspecified atom stereocenters. The van der Waals surface area contributed by atoms with Gasteiger partial charge in [-0.15, -0.1) is 0 Å². The highest BCUT2D eigenvalue weighted by molar-refractivity contribution is 5.86. The van der Waals surface area contributed by atoms with Crippen LogP contribution in [0.2, 0.25) is 0 Å². The molecule has 0 N–H and O–H groups in total. The van der Waals surface area contributed by atoms with Crippen LogP contribution in [0.3, 0.4) is 0 Å². The molecule has 0 aliphatic carbocycles.